The van der Waals surface area contributed by atoms with Crippen LogP contribution in [0.1, 0.15) is 51.6 Å². The van der Waals surface area contributed by atoms with Crippen LogP contribution in [0.2, 0.25) is 0 Å². The van der Waals surface area contributed by atoms with Crippen molar-refractivity contribution in [2.45, 2.75) is 63.8 Å². The molecule has 3 aromatic heterocycles. The summed E-state index contributed by atoms with van der Waals surface area (Å²) in [4.78, 5) is 21.4. The molecule has 0 aliphatic carbocycles. The van der Waals surface area contributed by atoms with Crippen molar-refractivity contribution >= 4 is 33.5 Å². The first kappa shape index (κ1) is 34.4. The molecule has 5 rings (SSSR count). The van der Waals surface area contributed by atoms with Gasteiger partial charge in [0.05, 0.1) is 26.9 Å². The molecule has 45 heavy (non-hydrogen) atoms. The molecule has 228 valence electrons. The van der Waals surface area contributed by atoms with E-state index in [1.807, 2.05) is 87.5 Å². The summed E-state index contributed by atoms with van der Waals surface area (Å²) >= 11 is 0. The number of rotatable bonds is 10. The van der Waals surface area contributed by atoms with Crippen molar-refractivity contribution in [2.75, 3.05) is 5.73 Å². The van der Waals surface area contributed by atoms with Gasteiger partial charge < -0.3 is 24.9 Å². The number of aromatic nitrogens is 3. The number of hydrogen-bond donors (Lipinski definition) is 1. The van der Waals surface area contributed by atoms with Gasteiger partial charge in [0.15, 0.2) is 0 Å². The number of carboxylic acid groups (broad SMARTS) is 1. The molecule has 0 fully saturated rings. The van der Waals surface area contributed by atoms with E-state index in [1.54, 1.807) is 32.3 Å². The van der Waals surface area contributed by atoms with Gasteiger partial charge >= 0.3 is 29.6 Å². The van der Waals surface area contributed by atoms with Crippen molar-refractivity contribution in [2.24, 2.45) is 5.41 Å². The zero-order valence-electron chi connectivity index (χ0n) is 26.7. The predicted octanol–water partition coefficient (Wildman–Crippen LogP) is 2.54. The van der Waals surface area contributed by atoms with Crippen LogP contribution in [0.5, 0.6) is 5.75 Å². The number of carbonyl (C=O) groups is 1. The topological polar surface area (TPSA) is 123 Å². The summed E-state index contributed by atoms with van der Waals surface area (Å²) in [7, 11) is -1.47. The minimum absolute atomic E-state index is 0. The van der Waals surface area contributed by atoms with E-state index in [0.29, 0.717) is 28.7 Å². The number of aliphatic carboxylic acids is 1. The summed E-state index contributed by atoms with van der Waals surface area (Å²) < 4.78 is 21.8. The molecular weight excluding hydrogens is 595 g/mol. The predicted molar refractivity (Wildman–Crippen MR) is 172 cm³/mol. The van der Waals surface area contributed by atoms with Gasteiger partial charge in [-0.25, -0.2) is 4.98 Å². The van der Waals surface area contributed by atoms with E-state index >= 15 is 0 Å². The van der Waals surface area contributed by atoms with Gasteiger partial charge in [0.25, 0.3) is 0 Å². The zero-order chi connectivity index (χ0) is 31.6. The van der Waals surface area contributed by atoms with Crippen LogP contribution in [0.15, 0.2) is 90.1 Å². The Morgan fingerprint density at radius 1 is 0.956 bits per heavy atom. The molecule has 0 radical (unpaired) electrons. The van der Waals surface area contributed by atoms with Gasteiger partial charge in [-0.05, 0) is 80.8 Å². The largest absolute Gasteiger partial charge is 1.00 e. The molecule has 0 bridgehead atoms. The Morgan fingerprint density at radius 2 is 1.67 bits per heavy atom. The summed E-state index contributed by atoms with van der Waals surface area (Å²) in [6.45, 7) is 9.79. The molecule has 0 aliphatic heterocycles. The van der Waals surface area contributed by atoms with Gasteiger partial charge in [0.1, 0.15) is 18.2 Å². The van der Waals surface area contributed by atoms with Gasteiger partial charge in [0.2, 0.25) is 0 Å². The molecule has 5 aromatic rings. The molecule has 2 aromatic carbocycles. The zero-order valence-corrected chi connectivity index (χ0v) is 29.5. The third-order valence-electron chi connectivity index (χ3n) is 7.52. The van der Waals surface area contributed by atoms with Crippen molar-refractivity contribution in [3.05, 3.63) is 102 Å². The van der Waals surface area contributed by atoms with Crippen molar-refractivity contribution in [1.29, 1.82) is 0 Å². The molecule has 0 aliphatic rings. The van der Waals surface area contributed by atoms with Gasteiger partial charge in [0, 0.05) is 51.7 Å². The van der Waals surface area contributed by atoms with Gasteiger partial charge in [-0.1, -0.05) is 44.2 Å². The van der Waals surface area contributed by atoms with Crippen molar-refractivity contribution in [3.63, 3.8) is 0 Å². The molecule has 0 spiro atoms. The van der Waals surface area contributed by atoms with Crippen molar-refractivity contribution in [3.8, 4) is 16.9 Å². The average Bonchev–Trinajstić information content (AvgIpc) is 3.27. The Balaban J connectivity index is 0.00000461. The molecule has 8 nitrogen and oxygen atoms in total. The fourth-order valence-electron chi connectivity index (χ4n) is 5.01. The van der Waals surface area contributed by atoms with Crippen LogP contribution in [0, 0.1) is 5.41 Å². The Kier molecular flexibility index (Phi) is 10.6. The van der Waals surface area contributed by atoms with Crippen LogP contribution in [0.3, 0.4) is 0 Å². The Morgan fingerprint density at radius 3 is 2.27 bits per heavy atom. The van der Waals surface area contributed by atoms with Gasteiger partial charge in [-0.3, -0.25) is 9.19 Å². The number of pyridine rings is 2. The van der Waals surface area contributed by atoms with E-state index in [-0.39, 0.29) is 42.6 Å². The summed E-state index contributed by atoms with van der Waals surface area (Å²) in [5, 5.41) is 13.0. The second kappa shape index (κ2) is 13.9. The molecule has 0 saturated heterocycles. The minimum Gasteiger partial charge on any atom is -0.550 e. The fraction of sp³-hybridized carbons (Fsp3) is 0.286. The molecule has 0 saturated carbocycles. The summed E-state index contributed by atoms with van der Waals surface area (Å²) in [6, 6.07) is 23.2. The molecule has 3 heterocycles. The number of hydrogen-bond acceptors (Lipinski definition) is 7. The van der Waals surface area contributed by atoms with E-state index in [4.69, 9.17) is 10.5 Å². The SMILES string of the molecule is CC(C)(Cc1c(S(=O)C(C)(C)C)c2cc(OCc3ccccn3)ccc2n1Cc1ccc(-c2ccc(N)nc2)cc1)C(=O)[O-].[Na+]. The number of nitrogen functional groups attached to an aromatic ring is 1. The van der Waals surface area contributed by atoms with E-state index in [0.717, 1.165) is 33.3 Å². The van der Waals surface area contributed by atoms with Crippen LogP contribution >= 0.6 is 0 Å². The first-order valence-electron chi connectivity index (χ1n) is 14.5. The number of anilines is 1. The number of fused-ring (bicyclic) bond motifs is 1. The third kappa shape index (κ3) is 7.84. The van der Waals surface area contributed by atoms with Crippen LogP contribution in [-0.2, 0) is 35.2 Å². The van der Waals surface area contributed by atoms with Crippen LogP contribution in [-0.4, -0.2) is 29.5 Å². The maximum atomic E-state index is 14.2. The smallest absolute Gasteiger partial charge is 0.550 e. The van der Waals surface area contributed by atoms with Gasteiger partial charge in [-0.2, -0.15) is 0 Å². The monoisotopic (exact) mass is 632 g/mol. The van der Waals surface area contributed by atoms with E-state index in [9.17, 15) is 14.1 Å². The Labute approximate surface area is 288 Å². The number of benzene rings is 2. The number of nitrogens with two attached hydrogens (primary N) is 1. The molecule has 0 amide bonds. The second-order valence-corrected chi connectivity index (χ2v) is 14.7. The molecular formula is C35H37N4NaO4S. The first-order chi connectivity index (χ1) is 20.8. The average molecular weight is 633 g/mol. The minimum atomic E-state index is -1.47. The number of carbonyl (C=O) groups excluding carboxylic acids is 1. The van der Waals surface area contributed by atoms with Crippen LogP contribution < -0.4 is 45.1 Å². The molecule has 2 N–H and O–H groups in total. The van der Waals surface area contributed by atoms with Crippen molar-refractivity contribution < 1.29 is 48.4 Å². The molecule has 10 heteroatoms. The number of ether oxygens (including phenoxy) is 1. The number of nitrogens with zero attached hydrogens (tertiary/aromatic N) is 3. The summed E-state index contributed by atoms with van der Waals surface area (Å²) in [5.41, 5.74) is 9.85. The van der Waals surface area contributed by atoms with E-state index < -0.39 is 26.9 Å². The van der Waals surface area contributed by atoms with E-state index in [2.05, 4.69) is 14.5 Å². The number of carboxylic acids is 1. The standard InChI is InChI=1S/C35H38N4O4S.Na/c1-34(2,3)44(42)32-28-18-27(43-22-26-8-6-7-17-37-26)14-15-29(28)39(30(32)19-35(4,5)33(40)41)21-23-9-11-24(12-10-23)25-13-16-31(36)38-20-25;/h6-18,20H,19,21-22H2,1-5H3,(H2,36,38)(H,40,41);/q;+1/p-1. The molecule has 1 unspecified atom stereocenters. The van der Waals surface area contributed by atoms with Gasteiger partial charge in [-0.15, -0.1) is 0 Å². The third-order valence-corrected chi connectivity index (χ3v) is 9.46. The summed E-state index contributed by atoms with van der Waals surface area (Å²) in [5.74, 6) is -0.0899. The Bertz CT molecular complexity index is 1810. The quantitative estimate of drug-likeness (QED) is 0.235. The van der Waals surface area contributed by atoms with Crippen LogP contribution in [0.4, 0.5) is 5.82 Å². The second-order valence-electron chi connectivity index (χ2n) is 12.5. The van der Waals surface area contributed by atoms with E-state index in [1.165, 1.54) is 0 Å². The maximum Gasteiger partial charge on any atom is 1.00 e. The first-order valence-corrected chi connectivity index (χ1v) is 15.6. The molecule has 1 atom stereocenters. The summed E-state index contributed by atoms with van der Waals surface area (Å²) in [6.07, 6.45) is 3.60. The normalized spacial score (nSPS) is 12.5. The fourth-order valence-corrected chi connectivity index (χ4v) is 6.38. The van der Waals surface area contributed by atoms with Crippen molar-refractivity contribution in [1.82, 2.24) is 14.5 Å². The maximum absolute atomic E-state index is 14.2. The van der Waals surface area contributed by atoms with Crippen LogP contribution in [0.25, 0.3) is 22.0 Å². The Hall–Kier alpha value is -3.50.